The fraction of sp³-hybridized carbons (Fsp3) is 0.375. The fourth-order valence-corrected chi connectivity index (χ4v) is 9.07. The van der Waals surface area contributed by atoms with E-state index in [-0.39, 0.29) is 28.8 Å². The number of carbonyl (C=O) groups is 1. The Bertz CT molecular complexity index is 2470. The monoisotopic (exact) mass is 784 g/mol. The number of pyridine rings is 2. The number of likely N-dealkylation sites (tertiary alicyclic amines) is 1. The summed E-state index contributed by atoms with van der Waals surface area (Å²) >= 11 is 14.3. The molecule has 1 aliphatic carbocycles. The second-order valence-corrected chi connectivity index (χ2v) is 15.3. The van der Waals surface area contributed by atoms with Gasteiger partial charge in [-0.3, -0.25) is 18.8 Å². The molecule has 2 atom stereocenters. The first-order valence-electron chi connectivity index (χ1n) is 18.3. The summed E-state index contributed by atoms with van der Waals surface area (Å²) in [5.41, 5.74) is 4.90. The molecule has 0 saturated carbocycles. The number of aromatic nitrogens is 4. The molecule has 2 fully saturated rings. The molecule has 5 heterocycles. The molecule has 2 N–H and O–H groups in total. The molecule has 13 nitrogen and oxygen atoms in total. The molecule has 3 aliphatic rings. The largest absolute Gasteiger partial charge is 0.481 e. The number of methoxy groups -OCH3 is 2. The first-order valence-corrected chi connectivity index (χ1v) is 19.1. The van der Waals surface area contributed by atoms with Crippen LogP contribution >= 0.6 is 23.2 Å². The van der Waals surface area contributed by atoms with E-state index in [2.05, 4.69) is 26.6 Å². The molecule has 2 aliphatic heterocycles. The van der Waals surface area contributed by atoms with Crippen molar-refractivity contribution in [3.63, 3.8) is 0 Å². The van der Waals surface area contributed by atoms with Gasteiger partial charge in [-0.2, -0.15) is 0 Å². The highest BCUT2D eigenvalue weighted by Gasteiger charge is 2.46. The number of hydrogen-bond donors (Lipinski definition) is 2. The lowest BCUT2D eigenvalue weighted by atomic mass is 9.92. The lowest BCUT2D eigenvalue weighted by Crippen LogP contribution is -2.61. The first kappa shape index (κ1) is 37.0. The molecule has 286 valence electrons. The number of amides is 2. The Morgan fingerprint density at radius 3 is 2.47 bits per heavy atom. The topological polar surface area (TPSA) is 136 Å². The third kappa shape index (κ3) is 6.42. The molecule has 2 unspecified atom stereocenters. The number of fused-ring (bicyclic) bond motifs is 2. The highest BCUT2D eigenvalue weighted by Crippen LogP contribution is 2.47. The summed E-state index contributed by atoms with van der Waals surface area (Å²) in [7, 11) is 6.35. The van der Waals surface area contributed by atoms with Crippen LogP contribution in [-0.4, -0.2) is 87.5 Å². The smallest absolute Gasteiger partial charge is 0.330 e. The molecule has 1 spiro atoms. The van der Waals surface area contributed by atoms with E-state index in [4.69, 9.17) is 37.7 Å². The zero-order valence-electron chi connectivity index (χ0n) is 31.1. The van der Waals surface area contributed by atoms with Gasteiger partial charge in [0, 0.05) is 81.9 Å². The number of urea groups is 1. The third-order valence-electron chi connectivity index (χ3n) is 11.4. The van der Waals surface area contributed by atoms with E-state index in [1.54, 1.807) is 33.4 Å². The minimum atomic E-state index is -0.465. The zero-order chi connectivity index (χ0) is 38.6. The Balaban J connectivity index is 1.07. The zero-order valence-corrected chi connectivity index (χ0v) is 32.6. The number of carbonyl (C=O) groups excluding carboxylic acids is 1. The van der Waals surface area contributed by atoms with Crippen LogP contribution in [0.4, 0.5) is 16.3 Å². The maximum absolute atomic E-state index is 13.2. The van der Waals surface area contributed by atoms with Gasteiger partial charge in [-0.15, -0.1) is 0 Å². The van der Waals surface area contributed by atoms with Crippen LogP contribution in [0.2, 0.25) is 10.0 Å². The van der Waals surface area contributed by atoms with E-state index in [1.807, 2.05) is 35.2 Å². The van der Waals surface area contributed by atoms with Crippen molar-refractivity contribution >= 4 is 51.6 Å². The fourth-order valence-electron chi connectivity index (χ4n) is 8.47. The van der Waals surface area contributed by atoms with Gasteiger partial charge in [-0.05, 0) is 49.4 Å². The molecule has 2 aromatic carbocycles. The molecular weight excluding hydrogens is 743 g/mol. The van der Waals surface area contributed by atoms with E-state index in [0.29, 0.717) is 57.1 Å². The predicted octanol–water partition coefficient (Wildman–Crippen LogP) is 5.91. The van der Waals surface area contributed by atoms with Gasteiger partial charge in [0.25, 0.3) is 5.56 Å². The molecule has 0 radical (unpaired) electrons. The van der Waals surface area contributed by atoms with E-state index < -0.39 is 11.2 Å². The van der Waals surface area contributed by atoms with Crippen LogP contribution in [0.1, 0.15) is 36.4 Å². The van der Waals surface area contributed by atoms with Gasteiger partial charge in [0.15, 0.2) is 0 Å². The number of hydrogen-bond acceptors (Lipinski definition) is 9. The lowest BCUT2D eigenvalue weighted by Gasteiger charge is -2.40. The summed E-state index contributed by atoms with van der Waals surface area (Å²) in [4.78, 5) is 52.5. The Labute approximate surface area is 327 Å². The highest BCUT2D eigenvalue weighted by atomic mass is 35.5. The quantitative estimate of drug-likeness (QED) is 0.187. The van der Waals surface area contributed by atoms with Crippen LogP contribution < -0.4 is 26.6 Å². The van der Waals surface area contributed by atoms with Crippen molar-refractivity contribution in [2.24, 2.45) is 14.1 Å². The number of rotatable bonds is 9. The van der Waals surface area contributed by atoms with E-state index >= 15 is 0 Å². The SMILES string of the molecule is COCCN1CCC2(CCN(C3CCc4cc(-c5cccc(-c6cccc(Nc7nccc8c7c(=O)n(C)c(=O)n8C)c6Cl)c5Cl)nc(OC)c43)C2)NC1=O. The second-order valence-electron chi connectivity index (χ2n) is 14.5. The average Bonchev–Trinajstić information content (AvgIpc) is 3.81. The second kappa shape index (κ2) is 14.6. The predicted molar refractivity (Wildman–Crippen MR) is 214 cm³/mol. The number of aryl methyl sites for hydroxylation is 2. The summed E-state index contributed by atoms with van der Waals surface area (Å²) in [5.74, 6) is 0.851. The van der Waals surface area contributed by atoms with Crippen molar-refractivity contribution in [1.82, 2.24) is 34.2 Å². The number of anilines is 2. The Morgan fingerprint density at radius 1 is 0.964 bits per heavy atom. The normalized spacial score (nSPS) is 19.6. The summed E-state index contributed by atoms with van der Waals surface area (Å²) in [6, 6.07) is 15.1. The third-order valence-corrected chi connectivity index (χ3v) is 12.2. The van der Waals surface area contributed by atoms with Crippen LogP contribution in [-0.2, 0) is 25.3 Å². The minimum Gasteiger partial charge on any atom is -0.481 e. The molecule has 3 aromatic heterocycles. The maximum atomic E-state index is 13.2. The molecule has 5 aromatic rings. The van der Waals surface area contributed by atoms with Crippen molar-refractivity contribution in [3.8, 4) is 28.3 Å². The van der Waals surface area contributed by atoms with Crippen molar-refractivity contribution in [2.75, 3.05) is 52.3 Å². The van der Waals surface area contributed by atoms with Gasteiger partial charge in [-0.1, -0.05) is 53.5 Å². The van der Waals surface area contributed by atoms with Crippen molar-refractivity contribution in [3.05, 3.63) is 96.7 Å². The van der Waals surface area contributed by atoms with Crippen molar-refractivity contribution < 1.29 is 14.3 Å². The van der Waals surface area contributed by atoms with Crippen molar-refractivity contribution in [2.45, 2.75) is 37.3 Å². The van der Waals surface area contributed by atoms with E-state index in [1.165, 1.54) is 23.4 Å². The molecule has 55 heavy (non-hydrogen) atoms. The number of halogens is 2. The average molecular weight is 786 g/mol. The number of benzene rings is 2. The molecule has 2 amide bonds. The molecule has 8 rings (SSSR count). The van der Waals surface area contributed by atoms with Crippen LogP contribution in [0.3, 0.4) is 0 Å². The number of ether oxygens (including phenoxy) is 2. The van der Waals surface area contributed by atoms with Crippen molar-refractivity contribution in [1.29, 1.82) is 0 Å². The molecule has 0 bridgehead atoms. The standard InChI is InChI=1S/C40H42Cl2N8O5/c1-47-29-13-16-43-35(32(29)37(51)48(2)39(47)53)44-27-10-6-8-25(34(27)42)24-7-5-9-26(33(24)41)28-21-23-11-12-30(31(23)36(45-28)55-4)50-18-15-40(22-50)14-17-49(19-20-54-3)38(52)46-40/h5-10,13,16,21,30H,11-12,14-15,17-20,22H2,1-4H3,(H,43,44)(H,46,52). The van der Waals surface area contributed by atoms with Crippen LogP contribution in [0.25, 0.3) is 33.3 Å². The number of nitrogens with one attached hydrogen (secondary N) is 2. The summed E-state index contributed by atoms with van der Waals surface area (Å²) < 4.78 is 13.6. The van der Waals surface area contributed by atoms with Gasteiger partial charge < -0.3 is 25.0 Å². The number of nitrogens with zero attached hydrogens (tertiary/aromatic N) is 6. The van der Waals surface area contributed by atoms with Gasteiger partial charge in [0.05, 0.1) is 46.2 Å². The molecule has 2 saturated heterocycles. The van der Waals surface area contributed by atoms with Gasteiger partial charge in [0.1, 0.15) is 11.2 Å². The molecular formula is C40H42Cl2N8O5. The Morgan fingerprint density at radius 2 is 1.71 bits per heavy atom. The molecule has 15 heteroatoms. The van der Waals surface area contributed by atoms with Gasteiger partial charge in [0.2, 0.25) is 5.88 Å². The Kier molecular flexibility index (Phi) is 9.83. The summed E-state index contributed by atoms with van der Waals surface area (Å²) in [5, 5.41) is 7.69. The van der Waals surface area contributed by atoms with Crippen LogP contribution in [0, 0.1) is 0 Å². The maximum Gasteiger partial charge on any atom is 0.330 e. The summed E-state index contributed by atoms with van der Waals surface area (Å²) in [6.07, 6.45) is 5.13. The lowest BCUT2D eigenvalue weighted by molar-refractivity contribution is 0.114. The van der Waals surface area contributed by atoms with E-state index in [9.17, 15) is 14.4 Å². The Hall–Kier alpha value is -4.95. The summed E-state index contributed by atoms with van der Waals surface area (Å²) in [6.45, 7) is 3.49. The highest BCUT2D eigenvalue weighted by molar-refractivity contribution is 6.39. The van der Waals surface area contributed by atoms with Gasteiger partial charge in [-0.25, -0.2) is 19.6 Å². The first-order chi connectivity index (χ1) is 26.5. The minimum absolute atomic E-state index is 0.0210. The van der Waals surface area contributed by atoms with Gasteiger partial charge >= 0.3 is 11.7 Å². The van der Waals surface area contributed by atoms with Crippen LogP contribution in [0.15, 0.2) is 64.3 Å². The van der Waals surface area contributed by atoms with Crippen LogP contribution in [0.5, 0.6) is 5.88 Å². The van der Waals surface area contributed by atoms with E-state index in [0.717, 1.165) is 61.0 Å².